The maximum Gasteiger partial charge on any atom is 0.252 e. The molecular weight excluding hydrogens is 280 g/mol. The zero-order chi connectivity index (χ0) is 15.5. The van der Waals surface area contributed by atoms with E-state index in [4.69, 9.17) is 13.9 Å². The summed E-state index contributed by atoms with van der Waals surface area (Å²) in [6, 6.07) is 13.4. The summed E-state index contributed by atoms with van der Waals surface area (Å²) in [6.07, 6.45) is 0. The van der Waals surface area contributed by atoms with Gasteiger partial charge >= 0.3 is 0 Å². The minimum atomic E-state index is 0.395. The molecule has 2 aromatic carbocycles. The fourth-order valence-corrected chi connectivity index (χ4v) is 2.20. The van der Waals surface area contributed by atoms with Crippen molar-refractivity contribution in [3.05, 3.63) is 48.0 Å². The van der Waals surface area contributed by atoms with E-state index in [-0.39, 0.29) is 0 Å². The Morgan fingerprint density at radius 2 is 1.59 bits per heavy atom. The van der Waals surface area contributed by atoms with Crippen LogP contribution in [0.1, 0.15) is 5.56 Å². The maximum absolute atomic E-state index is 5.78. The average Bonchev–Trinajstić information content (AvgIpc) is 3.04. The lowest BCUT2D eigenvalue weighted by Gasteiger charge is -2.09. The maximum atomic E-state index is 5.78. The highest BCUT2D eigenvalue weighted by Gasteiger charge is 2.17. The van der Waals surface area contributed by atoms with E-state index in [1.165, 1.54) is 5.56 Å². The minimum absolute atomic E-state index is 0.395. The van der Waals surface area contributed by atoms with Gasteiger partial charge in [0.1, 0.15) is 0 Å². The Hall–Kier alpha value is -2.82. The first-order valence-electron chi connectivity index (χ1n) is 6.85. The standard InChI is InChI=1S/C17H16N2O3/c1-11-7-9-12(10-8-11)16-18-19-17(22-16)13-5-4-6-14(20-2)15(13)21-3/h4-10H,1-3H3. The van der Waals surface area contributed by atoms with Crippen LogP contribution in [0, 0.1) is 6.92 Å². The van der Waals surface area contributed by atoms with Crippen molar-refractivity contribution in [2.75, 3.05) is 14.2 Å². The van der Waals surface area contributed by atoms with Gasteiger partial charge in [0.15, 0.2) is 11.5 Å². The van der Waals surface area contributed by atoms with Crippen LogP contribution in [0.15, 0.2) is 46.9 Å². The van der Waals surface area contributed by atoms with Gasteiger partial charge in [0.25, 0.3) is 5.89 Å². The second kappa shape index (κ2) is 5.89. The predicted octanol–water partition coefficient (Wildman–Crippen LogP) is 3.73. The van der Waals surface area contributed by atoms with Crippen LogP contribution in [-0.4, -0.2) is 24.4 Å². The van der Waals surface area contributed by atoms with Crippen LogP contribution in [0.25, 0.3) is 22.9 Å². The largest absolute Gasteiger partial charge is 0.493 e. The summed E-state index contributed by atoms with van der Waals surface area (Å²) in [7, 11) is 3.17. The van der Waals surface area contributed by atoms with Crippen molar-refractivity contribution in [1.29, 1.82) is 0 Å². The number of aryl methyl sites for hydroxylation is 1. The number of methoxy groups -OCH3 is 2. The molecule has 3 aromatic rings. The summed E-state index contributed by atoms with van der Waals surface area (Å²) in [5, 5.41) is 8.23. The second-order valence-corrected chi connectivity index (χ2v) is 4.82. The van der Waals surface area contributed by atoms with E-state index >= 15 is 0 Å². The van der Waals surface area contributed by atoms with Crippen LogP contribution in [0.4, 0.5) is 0 Å². The molecule has 3 rings (SSSR count). The third kappa shape index (κ3) is 2.53. The monoisotopic (exact) mass is 296 g/mol. The Labute approximate surface area is 128 Å². The number of ether oxygens (including phenoxy) is 2. The Morgan fingerprint density at radius 3 is 2.27 bits per heavy atom. The van der Waals surface area contributed by atoms with E-state index in [2.05, 4.69) is 10.2 Å². The Kier molecular flexibility index (Phi) is 3.78. The summed E-state index contributed by atoms with van der Waals surface area (Å²) in [4.78, 5) is 0. The first kappa shape index (κ1) is 14.1. The smallest absolute Gasteiger partial charge is 0.252 e. The van der Waals surface area contributed by atoms with Gasteiger partial charge in [-0.2, -0.15) is 0 Å². The van der Waals surface area contributed by atoms with Crippen LogP contribution in [-0.2, 0) is 0 Å². The van der Waals surface area contributed by atoms with Crippen molar-refractivity contribution in [1.82, 2.24) is 10.2 Å². The summed E-state index contributed by atoms with van der Waals surface area (Å²) in [5.41, 5.74) is 2.76. The van der Waals surface area contributed by atoms with Gasteiger partial charge in [0.05, 0.1) is 19.8 Å². The fraction of sp³-hybridized carbons (Fsp3) is 0.176. The highest BCUT2D eigenvalue weighted by atomic mass is 16.5. The van der Waals surface area contributed by atoms with Crippen LogP contribution < -0.4 is 9.47 Å². The Bertz CT molecular complexity index is 779. The molecule has 0 N–H and O–H groups in total. The van der Waals surface area contributed by atoms with Crippen molar-refractivity contribution in [3.63, 3.8) is 0 Å². The van der Waals surface area contributed by atoms with Crippen LogP contribution in [0.3, 0.4) is 0 Å². The first-order valence-corrected chi connectivity index (χ1v) is 6.85. The van der Waals surface area contributed by atoms with Crippen molar-refractivity contribution >= 4 is 0 Å². The topological polar surface area (TPSA) is 57.4 Å². The lowest BCUT2D eigenvalue weighted by Crippen LogP contribution is -1.93. The summed E-state index contributed by atoms with van der Waals surface area (Å²) >= 11 is 0. The highest BCUT2D eigenvalue weighted by Crippen LogP contribution is 2.37. The molecule has 1 aromatic heterocycles. The molecule has 5 nitrogen and oxygen atoms in total. The molecule has 0 bridgehead atoms. The van der Waals surface area contributed by atoms with E-state index in [0.717, 1.165) is 5.56 Å². The molecule has 0 radical (unpaired) electrons. The predicted molar refractivity (Wildman–Crippen MR) is 83.0 cm³/mol. The number of para-hydroxylation sites is 1. The molecule has 22 heavy (non-hydrogen) atoms. The SMILES string of the molecule is COc1cccc(-c2nnc(-c3ccc(C)cc3)o2)c1OC. The zero-order valence-electron chi connectivity index (χ0n) is 12.7. The third-order valence-electron chi connectivity index (χ3n) is 3.36. The van der Waals surface area contributed by atoms with E-state index in [1.54, 1.807) is 14.2 Å². The van der Waals surface area contributed by atoms with E-state index < -0.39 is 0 Å². The molecule has 0 aliphatic heterocycles. The number of nitrogens with zero attached hydrogens (tertiary/aromatic N) is 2. The molecule has 0 saturated carbocycles. The molecule has 5 heteroatoms. The number of benzene rings is 2. The number of hydrogen-bond acceptors (Lipinski definition) is 5. The van der Waals surface area contributed by atoms with Crippen LogP contribution in [0.5, 0.6) is 11.5 Å². The summed E-state index contributed by atoms with van der Waals surface area (Å²) < 4.78 is 16.5. The summed E-state index contributed by atoms with van der Waals surface area (Å²) in [5.74, 6) is 2.06. The molecule has 0 fully saturated rings. The van der Waals surface area contributed by atoms with Gasteiger partial charge in [0, 0.05) is 5.56 Å². The Balaban J connectivity index is 2.02. The quantitative estimate of drug-likeness (QED) is 0.734. The van der Waals surface area contributed by atoms with E-state index in [0.29, 0.717) is 28.8 Å². The molecule has 0 aliphatic rings. The normalized spacial score (nSPS) is 10.5. The van der Waals surface area contributed by atoms with E-state index in [1.807, 2.05) is 49.4 Å². The van der Waals surface area contributed by atoms with Gasteiger partial charge in [-0.1, -0.05) is 23.8 Å². The van der Waals surface area contributed by atoms with Gasteiger partial charge in [-0.25, -0.2) is 0 Å². The van der Waals surface area contributed by atoms with Crippen LogP contribution in [0.2, 0.25) is 0 Å². The molecule has 0 saturated heterocycles. The molecule has 112 valence electrons. The Morgan fingerprint density at radius 1 is 0.864 bits per heavy atom. The number of rotatable bonds is 4. The van der Waals surface area contributed by atoms with Gasteiger partial charge in [-0.15, -0.1) is 10.2 Å². The molecule has 0 aliphatic carbocycles. The second-order valence-electron chi connectivity index (χ2n) is 4.82. The van der Waals surface area contributed by atoms with Gasteiger partial charge in [-0.3, -0.25) is 0 Å². The average molecular weight is 296 g/mol. The molecule has 0 spiro atoms. The number of aromatic nitrogens is 2. The molecule has 0 atom stereocenters. The van der Waals surface area contributed by atoms with Crippen LogP contribution >= 0.6 is 0 Å². The lowest BCUT2D eigenvalue weighted by molar-refractivity contribution is 0.355. The number of hydrogen-bond donors (Lipinski definition) is 0. The van der Waals surface area contributed by atoms with Crippen molar-refractivity contribution in [2.45, 2.75) is 6.92 Å². The van der Waals surface area contributed by atoms with Crippen molar-refractivity contribution in [3.8, 4) is 34.4 Å². The molecule has 0 amide bonds. The molecule has 0 unspecified atom stereocenters. The third-order valence-corrected chi connectivity index (χ3v) is 3.36. The first-order chi connectivity index (χ1) is 10.7. The highest BCUT2D eigenvalue weighted by molar-refractivity contribution is 5.68. The minimum Gasteiger partial charge on any atom is -0.493 e. The van der Waals surface area contributed by atoms with Gasteiger partial charge < -0.3 is 13.9 Å². The lowest BCUT2D eigenvalue weighted by atomic mass is 10.1. The van der Waals surface area contributed by atoms with Gasteiger partial charge in [-0.05, 0) is 31.2 Å². The van der Waals surface area contributed by atoms with Crippen molar-refractivity contribution in [2.24, 2.45) is 0 Å². The fourth-order valence-electron chi connectivity index (χ4n) is 2.20. The summed E-state index contributed by atoms with van der Waals surface area (Å²) in [6.45, 7) is 2.03. The van der Waals surface area contributed by atoms with Crippen molar-refractivity contribution < 1.29 is 13.9 Å². The zero-order valence-corrected chi connectivity index (χ0v) is 12.7. The molecule has 1 heterocycles. The van der Waals surface area contributed by atoms with Gasteiger partial charge in [0.2, 0.25) is 5.89 Å². The van der Waals surface area contributed by atoms with E-state index in [9.17, 15) is 0 Å². The molecular formula is C17H16N2O3.